The molecule has 110 valence electrons. The van der Waals surface area contributed by atoms with Gasteiger partial charge in [-0.05, 0) is 44.4 Å². The van der Waals surface area contributed by atoms with E-state index in [4.69, 9.17) is 4.74 Å². The van der Waals surface area contributed by atoms with Crippen molar-refractivity contribution in [2.75, 3.05) is 13.7 Å². The van der Waals surface area contributed by atoms with E-state index in [1.807, 2.05) is 6.07 Å². The number of ether oxygens (including phenoxy) is 2. The summed E-state index contributed by atoms with van der Waals surface area (Å²) < 4.78 is 10.6. The lowest BCUT2D eigenvalue weighted by Gasteiger charge is -2.21. The van der Waals surface area contributed by atoms with E-state index in [1.54, 1.807) is 12.4 Å². The Morgan fingerprint density at radius 2 is 2.40 bits per heavy atom. The Balaban J connectivity index is 1.89. The summed E-state index contributed by atoms with van der Waals surface area (Å²) in [7, 11) is 1.40. The molecular formula is C15H22N2O3. The normalized spacial score (nSPS) is 19.6. The fourth-order valence-electron chi connectivity index (χ4n) is 2.42. The monoisotopic (exact) mass is 278 g/mol. The Labute approximate surface area is 119 Å². The van der Waals surface area contributed by atoms with Gasteiger partial charge in [-0.25, -0.2) is 0 Å². The van der Waals surface area contributed by atoms with Gasteiger partial charge in [0.05, 0.1) is 13.3 Å². The van der Waals surface area contributed by atoms with Gasteiger partial charge in [0.15, 0.2) is 0 Å². The van der Waals surface area contributed by atoms with Gasteiger partial charge in [-0.1, -0.05) is 0 Å². The second-order valence-corrected chi connectivity index (χ2v) is 5.13. The van der Waals surface area contributed by atoms with Crippen LogP contribution in [0, 0.1) is 0 Å². The van der Waals surface area contributed by atoms with E-state index in [0.29, 0.717) is 18.9 Å². The molecule has 1 aliphatic rings. The van der Waals surface area contributed by atoms with E-state index in [1.165, 1.54) is 13.5 Å². The Kier molecular flexibility index (Phi) is 5.35. The van der Waals surface area contributed by atoms with Crippen LogP contribution in [-0.4, -0.2) is 36.8 Å². The third-order valence-corrected chi connectivity index (χ3v) is 3.60. The molecule has 1 N–H and O–H groups in total. The van der Waals surface area contributed by atoms with Crippen molar-refractivity contribution in [1.29, 1.82) is 0 Å². The van der Waals surface area contributed by atoms with Crippen molar-refractivity contribution in [1.82, 2.24) is 10.3 Å². The number of hydrogen-bond acceptors (Lipinski definition) is 5. The van der Waals surface area contributed by atoms with Crippen LogP contribution < -0.4 is 10.1 Å². The molecular weight excluding hydrogens is 256 g/mol. The first kappa shape index (κ1) is 14.8. The first-order chi connectivity index (χ1) is 9.69. The summed E-state index contributed by atoms with van der Waals surface area (Å²) in [6, 6.07) is 2.36. The zero-order chi connectivity index (χ0) is 14.4. The summed E-state index contributed by atoms with van der Waals surface area (Å²) >= 11 is 0. The number of carbonyl (C=O) groups excluding carboxylic acids is 1. The molecule has 1 aliphatic heterocycles. The minimum atomic E-state index is -0.208. The Morgan fingerprint density at radius 3 is 3.10 bits per heavy atom. The lowest BCUT2D eigenvalue weighted by Crippen LogP contribution is -2.36. The molecule has 2 rings (SSSR count). The second-order valence-electron chi connectivity index (χ2n) is 5.13. The second kappa shape index (κ2) is 7.24. The predicted molar refractivity (Wildman–Crippen MR) is 75.7 cm³/mol. The fourth-order valence-corrected chi connectivity index (χ4v) is 2.42. The zero-order valence-corrected chi connectivity index (χ0v) is 12.1. The lowest BCUT2D eigenvalue weighted by atomic mass is 10.1. The molecule has 1 fully saturated rings. The molecule has 1 aromatic heterocycles. The van der Waals surface area contributed by atoms with E-state index >= 15 is 0 Å². The van der Waals surface area contributed by atoms with Crippen LogP contribution >= 0.6 is 0 Å². The van der Waals surface area contributed by atoms with Gasteiger partial charge < -0.3 is 14.8 Å². The van der Waals surface area contributed by atoms with E-state index in [0.717, 1.165) is 24.3 Å². The van der Waals surface area contributed by atoms with Crippen molar-refractivity contribution in [3.63, 3.8) is 0 Å². The van der Waals surface area contributed by atoms with Crippen LogP contribution in [0.25, 0.3) is 0 Å². The number of hydrogen-bond donors (Lipinski definition) is 1. The number of rotatable bonds is 6. The van der Waals surface area contributed by atoms with Gasteiger partial charge in [-0.3, -0.25) is 9.78 Å². The number of nitrogens with zero attached hydrogens (tertiary/aromatic N) is 1. The van der Waals surface area contributed by atoms with Crippen molar-refractivity contribution in [2.24, 2.45) is 0 Å². The highest BCUT2D eigenvalue weighted by molar-refractivity contribution is 5.69. The number of pyridine rings is 1. The molecule has 20 heavy (non-hydrogen) atoms. The highest BCUT2D eigenvalue weighted by Gasteiger charge is 2.22. The molecule has 0 aliphatic carbocycles. The topological polar surface area (TPSA) is 60.5 Å². The zero-order valence-electron chi connectivity index (χ0n) is 12.1. The number of nitrogens with one attached hydrogen (secondary N) is 1. The first-order valence-corrected chi connectivity index (χ1v) is 7.10. The van der Waals surface area contributed by atoms with Gasteiger partial charge in [-0.15, -0.1) is 0 Å². The average Bonchev–Trinajstić information content (AvgIpc) is 2.99. The standard InChI is InChI=1S/C15H22N2O3/c1-11(14-4-3-7-17-14)20-13-8-12(9-16-10-13)5-6-15(18)19-2/h8-11,14,17H,3-7H2,1-2H3/t11?,14-/m0/s1. The summed E-state index contributed by atoms with van der Waals surface area (Å²) in [6.07, 6.45) is 6.93. The molecule has 0 amide bonds. The molecule has 0 saturated carbocycles. The lowest BCUT2D eigenvalue weighted by molar-refractivity contribution is -0.140. The Bertz CT molecular complexity index is 444. The van der Waals surface area contributed by atoms with Gasteiger partial charge in [0, 0.05) is 18.7 Å². The van der Waals surface area contributed by atoms with Crippen LogP contribution in [0.1, 0.15) is 31.7 Å². The van der Waals surface area contributed by atoms with Gasteiger partial charge in [0.1, 0.15) is 11.9 Å². The molecule has 5 heteroatoms. The van der Waals surface area contributed by atoms with Crippen LogP contribution in [-0.2, 0) is 16.0 Å². The van der Waals surface area contributed by atoms with Crippen LogP contribution in [0.2, 0.25) is 0 Å². The van der Waals surface area contributed by atoms with Crippen molar-refractivity contribution >= 4 is 5.97 Å². The van der Waals surface area contributed by atoms with Gasteiger partial charge in [0.2, 0.25) is 0 Å². The molecule has 1 aromatic rings. The summed E-state index contributed by atoms with van der Waals surface area (Å²) in [5, 5.41) is 3.43. The highest BCUT2D eigenvalue weighted by atomic mass is 16.5. The maximum Gasteiger partial charge on any atom is 0.305 e. The largest absolute Gasteiger partial charge is 0.487 e. The van der Waals surface area contributed by atoms with Crippen LogP contribution in [0.15, 0.2) is 18.5 Å². The van der Waals surface area contributed by atoms with Crippen LogP contribution in [0.3, 0.4) is 0 Å². The third kappa shape index (κ3) is 4.20. The van der Waals surface area contributed by atoms with Crippen LogP contribution in [0.5, 0.6) is 5.75 Å². The molecule has 0 radical (unpaired) electrons. The van der Waals surface area contributed by atoms with Crippen molar-refractivity contribution in [3.05, 3.63) is 24.0 Å². The Hall–Kier alpha value is -1.62. The molecule has 5 nitrogen and oxygen atoms in total. The van der Waals surface area contributed by atoms with E-state index in [-0.39, 0.29) is 12.1 Å². The van der Waals surface area contributed by atoms with E-state index in [2.05, 4.69) is 22.0 Å². The Morgan fingerprint density at radius 1 is 1.55 bits per heavy atom. The maximum atomic E-state index is 11.1. The average molecular weight is 278 g/mol. The minimum Gasteiger partial charge on any atom is -0.487 e. The van der Waals surface area contributed by atoms with Crippen molar-refractivity contribution in [3.8, 4) is 5.75 Å². The van der Waals surface area contributed by atoms with Gasteiger partial charge >= 0.3 is 5.97 Å². The van der Waals surface area contributed by atoms with Crippen molar-refractivity contribution in [2.45, 2.75) is 44.8 Å². The summed E-state index contributed by atoms with van der Waals surface area (Å²) in [5.74, 6) is 0.549. The molecule has 1 saturated heterocycles. The number of carbonyl (C=O) groups is 1. The van der Waals surface area contributed by atoms with Gasteiger partial charge in [-0.2, -0.15) is 0 Å². The van der Waals surface area contributed by atoms with E-state index in [9.17, 15) is 4.79 Å². The smallest absolute Gasteiger partial charge is 0.305 e. The van der Waals surface area contributed by atoms with Crippen LogP contribution in [0.4, 0.5) is 0 Å². The molecule has 0 aromatic carbocycles. The number of aromatic nitrogens is 1. The first-order valence-electron chi connectivity index (χ1n) is 7.10. The highest BCUT2D eigenvalue weighted by Crippen LogP contribution is 2.18. The van der Waals surface area contributed by atoms with Crippen molar-refractivity contribution < 1.29 is 14.3 Å². The molecule has 2 atom stereocenters. The molecule has 0 spiro atoms. The minimum absolute atomic E-state index is 0.121. The summed E-state index contributed by atoms with van der Waals surface area (Å²) in [6.45, 7) is 3.14. The number of esters is 1. The maximum absolute atomic E-state index is 11.1. The third-order valence-electron chi connectivity index (χ3n) is 3.60. The summed E-state index contributed by atoms with van der Waals surface area (Å²) in [4.78, 5) is 15.3. The fraction of sp³-hybridized carbons (Fsp3) is 0.600. The van der Waals surface area contributed by atoms with Gasteiger partial charge in [0.25, 0.3) is 0 Å². The van der Waals surface area contributed by atoms with E-state index < -0.39 is 0 Å². The SMILES string of the molecule is COC(=O)CCc1cncc(OC(C)[C@@H]2CCCN2)c1. The summed E-state index contributed by atoms with van der Waals surface area (Å²) in [5.41, 5.74) is 0.986. The number of methoxy groups -OCH3 is 1. The quantitative estimate of drug-likeness (QED) is 0.803. The number of aryl methyl sites for hydroxylation is 1. The molecule has 1 unspecified atom stereocenters. The molecule has 0 bridgehead atoms. The predicted octanol–water partition coefficient (Wildman–Crippen LogP) is 1.71. The molecule has 2 heterocycles.